The predicted molar refractivity (Wildman–Crippen MR) is 121 cm³/mol. The molecule has 0 bridgehead atoms. The molecule has 1 heterocycles. The summed E-state index contributed by atoms with van der Waals surface area (Å²) >= 11 is 0. The topological polar surface area (TPSA) is 123 Å². The first-order valence-electron chi connectivity index (χ1n) is 11.0. The maximum absolute atomic E-state index is 12.6. The number of hydrogen-bond donors (Lipinski definition) is 3. The van der Waals surface area contributed by atoms with Crippen molar-refractivity contribution < 1.29 is 27.5 Å². The summed E-state index contributed by atoms with van der Waals surface area (Å²) in [6, 6.07) is 11.7. The lowest BCUT2D eigenvalue weighted by molar-refractivity contribution is -0.121. The van der Waals surface area contributed by atoms with Crippen molar-refractivity contribution in [1.82, 2.24) is 10.0 Å². The molecule has 2 aromatic rings. The maximum atomic E-state index is 12.6. The predicted octanol–water partition coefficient (Wildman–Crippen LogP) is 2.18. The van der Waals surface area contributed by atoms with Crippen molar-refractivity contribution in [1.29, 1.82) is 0 Å². The second-order valence-corrected chi connectivity index (χ2v) is 9.81. The summed E-state index contributed by atoms with van der Waals surface area (Å²) in [5.41, 5.74) is 1.53. The summed E-state index contributed by atoms with van der Waals surface area (Å²) in [5.74, 6) is 0.760. The highest BCUT2D eigenvalue weighted by molar-refractivity contribution is 7.89. The zero-order chi connectivity index (χ0) is 23.3. The number of carbonyl (C=O) groups excluding carboxylic acids is 2. The van der Waals surface area contributed by atoms with Crippen molar-refractivity contribution in [3.63, 3.8) is 0 Å². The Morgan fingerprint density at radius 3 is 2.58 bits per heavy atom. The number of benzene rings is 2. The summed E-state index contributed by atoms with van der Waals surface area (Å²) in [7, 11) is -3.79. The molecule has 10 heteroatoms. The van der Waals surface area contributed by atoms with Gasteiger partial charge in [0.05, 0.1) is 18.1 Å². The Morgan fingerprint density at radius 2 is 1.79 bits per heavy atom. The van der Waals surface area contributed by atoms with E-state index in [1.54, 1.807) is 12.1 Å². The Bertz CT molecular complexity index is 1130. The van der Waals surface area contributed by atoms with Gasteiger partial charge in [0.15, 0.2) is 11.5 Å². The van der Waals surface area contributed by atoms with E-state index < -0.39 is 10.0 Å². The van der Waals surface area contributed by atoms with Gasteiger partial charge in [-0.05, 0) is 42.7 Å². The first-order chi connectivity index (χ1) is 15.9. The molecule has 0 atom stereocenters. The quantitative estimate of drug-likeness (QED) is 0.513. The van der Waals surface area contributed by atoms with Crippen molar-refractivity contribution in [3.05, 3.63) is 48.0 Å². The van der Waals surface area contributed by atoms with Crippen molar-refractivity contribution >= 4 is 27.5 Å². The van der Waals surface area contributed by atoms with Crippen molar-refractivity contribution in [2.45, 2.75) is 37.1 Å². The summed E-state index contributed by atoms with van der Waals surface area (Å²) in [5, 5.41) is 5.64. The van der Waals surface area contributed by atoms with Crippen LogP contribution in [0.4, 0.5) is 5.69 Å². The standard InChI is InChI=1S/C23H27N3O6S/c27-22(24-15-16-3-1-4-18(13-16)26-23(28)17-5-6-17)9-10-25-33(29,30)19-7-8-20-21(14-19)32-12-2-11-31-20/h1,3-4,7-8,13-14,17,25H,2,5-6,9-12,15H2,(H,24,27)(H,26,28). The molecule has 2 amide bonds. The number of ether oxygens (including phenoxy) is 2. The van der Waals surface area contributed by atoms with Crippen molar-refractivity contribution in [2.24, 2.45) is 5.92 Å². The van der Waals surface area contributed by atoms with E-state index in [2.05, 4.69) is 15.4 Å². The van der Waals surface area contributed by atoms with Crippen LogP contribution in [0.1, 0.15) is 31.2 Å². The minimum Gasteiger partial charge on any atom is -0.490 e. The van der Waals surface area contributed by atoms with Gasteiger partial charge >= 0.3 is 0 Å². The Hall–Kier alpha value is -3.11. The Morgan fingerprint density at radius 1 is 1.00 bits per heavy atom. The second kappa shape index (κ2) is 10.2. The average Bonchev–Trinajstić information content (AvgIpc) is 3.64. The van der Waals surface area contributed by atoms with Crippen LogP contribution in [-0.2, 0) is 26.2 Å². The molecule has 0 saturated heterocycles. The van der Waals surface area contributed by atoms with Crippen LogP contribution in [0.2, 0.25) is 0 Å². The normalized spacial score (nSPS) is 15.4. The number of hydrogen-bond acceptors (Lipinski definition) is 6. The number of anilines is 1. The van der Waals surface area contributed by atoms with E-state index in [4.69, 9.17) is 9.47 Å². The van der Waals surface area contributed by atoms with Crippen molar-refractivity contribution in [3.8, 4) is 11.5 Å². The molecule has 33 heavy (non-hydrogen) atoms. The molecule has 1 aliphatic carbocycles. The minimum atomic E-state index is -3.79. The van der Waals surface area contributed by atoms with Crippen LogP contribution >= 0.6 is 0 Å². The van der Waals surface area contributed by atoms with Crippen LogP contribution in [0.25, 0.3) is 0 Å². The average molecular weight is 474 g/mol. The van der Waals surface area contributed by atoms with Crippen LogP contribution in [0.5, 0.6) is 11.5 Å². The molecule has 2 aliphatic rings. The number of carbonyl (C=O) groups is 2. The molecule has 3 N–H and O–H groups in total. The van der Waals surface area contributed by atoms with Gasteiger partial charge in [0.25, 0.3) is 0 Å². The van der Waals surface area contributed by atoms with Crippen LogP contribution in [0.3, 0.4) is 0 Å². The van der Waals surface area contributed by atoms with Gasteiger partial charge in [-0.15, -0.1) is 0 Å². The lowest BCUT2D eigenvalue weighted by Crippen LogP contribution is -2.30. The second-order valence-electron chi connectivity index (χ2n) is 8.05. The third-order valence-electron chi connectivity index (χ3n) is 5.31. The molecular formula is C23H27N3O6S. The first kappa shape index (κ1) is 23.1. The molecule has 0 spiro atoms. The van der Waals surface area contributed by atoms with Gasteiger partial charge in [-0.3, -0.25) is 9.59 Å². The third-order valence-corrected chi connectivity index (χ3v) is 6.76. The smallest absolute Gasteiger partial charge is 0.240 e. The monoisotopic (exact) mass is 473 g/mol. The highest BCUT2D eigenvalue weighted by Gasteiger charge is 2.29. The van der Waals surface area contributed by atoms with E-state index in [0.717, 1.165) is 24.8 Å². The van der Waals surface area contributed by atoms with Crippen molar-refractivity contribution in [2.75, 3.05) is 25.1 Å². The number of amides is 2. The summed E-state index contributed by atoms with van der Waals surface area (Å²) in [6.45, 7) is 1.22. The zero-order valence-corrected chi connectivity index (χ0v) is 18.9. The third kappa shape index (κ3) is 6.45. The van der Waals surface area contributed by atoms with Gasteiger partial charge in [0.1, 0.15) is 0 Å². The lowest BCUT2D eigenvalue weighted by Gasteiger charge is -2.11. The van der Waals surface area contributed by atoms with Crippen LogP contribution < -0.4 is 24.8 Å². The molecule has 1 fully saturated rings. The fourth-order valence-corrected chi connectivity index (χ4v) is 4.38. The van der Waals surface area contributed by atoms with Gasteiger partial charge in [-0.1, -0.05) is 12.1 Å². The zero-order valence-electron chi connectivity index (χ0n) is 18.1. The van der Waals surface area contributed by atoms with E-state index in [1.165, 1.54) is 12.1 Å². The van der Waals surface area contributed by atoms with Crippen LogP contribution in [-0.4, -0.2) is 40.0 Å². The molecule has 2 aromatic carbocycles. The van der Waals surface area contributed by atoms with Gasteiger partial charge < -0.3 is 20.1 Å². The van der Waals surface area contributed by atoms with E-state index in [9.17, 15) is 18.0 Å². The number of nitrogens with one attached hydrogen (secondary N) is 3. The van der Waals surface area contributed by atoms with E-state index >= 15 is 0 Å². The number of fused-ring (bicyclic) bond motifs is 1. The maximum Gasteiger partial charge on any atom is 0.240 e. The fourth-order valence-electron chi connectivity index (χ4n) is 3.33. The molecule has 176 valence electrons. The Kier molecular flexibility index (Phi) is 7.14. The van der Waals surface area contributed by atoms with Gasteiger partial charge in [-0.2, -0.15) is 0 Å². The summed E-state index contributed by atoms with van der Waals surface area (Å²) < 4.78 is 38.6. The Labute approximate surface area is 192 Å². The van der Waals surface area contributed by atoms with E-state index in [0.29, 0.717) is 30.4 Å². The molecule has 0 radical (unpaired) electrons. The molecule has 9 nitrogen and oxygen atoms in total. The van der Waals surface area contributed by atoms with Gasteiger partial charge in [-0.25, -0.2) is 13.1 Å². The Balaban J connectivity index is 1.24. The molecule has 0 aromatic heterocycles. The first-order valence-corrected chi connectivity index (χ1v) is 12.4. The van der Waals surface area contributed by atoms with E-state index in [-0.39, 0.29) is 42.1 Å². The molecular weight excluding hydrogens is 446 g/mol. The lowest BCUT2D eigenvalue weighted by atomic mass is 10.2. The molecule has 4 rings (SSSR count). The number of rotatable bonds is 9. The fraction of sp³-hybridized carbons (Fsp3) is 0.391. The van der Waals surface area contributed by atoms with Crippen LogP contribution in [0, 0.1) is 5.92 Å². The highest BCUT2D eigenvalue weighted by atomic mass is 32.2. The van der Waals surface area contributed by atoms with E-state index in [1.807, 2.05) is 18.2 Å². The highest BCUT2D eigenvalue weighted by Crippen LogP contribution is 2.32. The van der Waals surface area contributed by atoms with Crippen LogP contribution in [0.15, 0.2) is 47.4 Å². The largest absolute Gasteiger partial charge is 0.490 e. The molecule has 1 saturated carbocycles. The molecule has 1 aliphatic heterocycles. The minimum absolute atomic E-state index is 0.0120. The van der Waals surface area contributed by atoms with Gasteiger partial charge in [0.2, 0.25) is 21.8 Å². The van der Waals surface area contributed by atoms with Gasteiger partial charge in [0, 0.05) is 43.6 Å². The molecule has 0 unspecified atom stereocenters. The SMILES string of the molecule is O=C(CCNS(=O)(=O)c1ccc2c(c1)OCCCO2)NCc1cccc(NC(=O)C2CC2)c1. The number of sulfonamides is 1. The summed E-state index contributed by atoms with van der Waals surface area (Å²) in [4.78, 5) is 24.1. The summed E-state index contributed by atoms with van der Waals surface area (Å²) in [6.07, 6.45) is 2.57.